The number of carbonyl (C=O) groups is 1. The minimum absolute atomic E-state index is 0.0988. The summed E-state index contributed by atoms with van der Waals surface area (Å²) in [5, 5.41) is 24.1. The highest BCUT2D eigenvalue weighted by molar-refractivity contribution is 5.92. The summed E-state index contributed by atoms with van der Waals surface area (Å²) in [5.41, 5.74) is 2.01. The fraction of sp³-hybridized carbons (Fsp3) is 0.800. The summed E-state index contributed by atoms with van der Waals surface area (Å²) in [7, 11) is 0. The van der Waals surface area contributed by atoms with Crippen LogP contribution >= 0.6 is 0 Å². The van der Waals surface area contributed by atoms with Crippen molar-refractivity contribution < 1.29 is 15.1 Å². The number of hydrogen-bond donors (Lipinski definition) is 2. The van der Waals surface area contributed by atoms with Crippen molar-refractivity contribution in [3.05, 3.63) is 11.6 Å². The lowest BCUT2D eigenvalue weighted by atomic mass is 9.47. The van der Waals surface area contributed by atoms with Crippen molar-refractivity contribution in [2.24, 2.45) is 33.7 Å². The van der Waals surface area contributed by atoms with Crippen molar-refractivity contribution >= 4 is 12.0 Å². The standard InChI is InChI=1S/C20H31NO3/c1-4-13-6-7-14-15-8-9-17(21-24)20(15,3)12-16(23)18(14)19(13,2)10-5-11-22/h4,11,14-16,18,23-24H,5-10,12H2,1-3H3/b13-4-,21-17+/t14?,15?,16-,18?,19-,20-/m0/s1. The second-order valence-electron chi connectivity index (χ2n) is 8.55. The van der Waals surface area contributed by atoms with Gasteiger partial charge in [-0.15, -0.1) is 0 Å². The van der Waals surface area contributed by atoms with Crippen LogP contribution < -0.4 is 0 Å². The predicted octanol–water partition coefficient (Wildman–Crippen LogP) is 3.96. The summed E-state index contributed by atoms with van der Waals surface area (Å²) >= 11 is 0. The van der Waals surface area contributed by atoms with E-state index in [4.69, 9.17) is 0 Å². The molecule has 3 saturated carbocycles. The molecule has 3 unspecified atom stereocenters. The Labute approximate surface area is 145 Å². The van der Waals surface area contributed by atoms with Gasteiger partial charge in [-0.3, -0.25) is 0 Å². The van der Waals surface area contributed by atoms with Crippen molar-refractivity contribution in [3.63, 3.8) is 0 Å². The van der Waals surface area contributed by atoms with Crippen LogP contribution in [0, 0.1) is 28.6 Å². The lowest BCUT2D eigenvalue weighted by Crippen LogP contribution is -2.56. The molecular formula is C20H31NO3. The van der Waals surface area contributed by atoms with Gasteiger partial charge in [-0.2, -0.15) is 0 Å². The topological polar surface area (TPSA) is 69.9 Å². The molecule has 3 fully saturated rings. The monoisotopic (exact) mass is 333 g/mol. The van der Waals surface area contributed by atoms with Crippen LogP contribution in [0.25, 0.3) is 0 Å². The number of hydrogen-bond acceptors (Lipinski definition) is 4. The van der Waals surface area contributed by atoms with E-state index in [0.29, 0.717) is 24.7 Å². The quantitative estimate of drug-likeness (QED) is 0.355. The van der Waals surface area contributed by atoms with Gasteiger partial charge in [0.1, 0.15) is 6.29 Å². The average molecular weight is 333 g/mol. The van der Waals surface area contributed by atoms with Crippen LogP contribution in [-0.2, 0) is 4.79 Å². The highest BCUT2D eigenvalue weighted by Gasteiger charge is 2.60. The first-order valence-electron chi connectivity index (χ1n) is 9.41. The average Bonchev–Trinajstić information content (AvgIpc) is 2.88. The van der Waals surface area contributed by atoms with Crippen LogP contribution in [0.4, 0.5) is 0 Å². The van der Waals surface area contributed by atoms with Crippen LogP contribution in [0.15, 0.2) is 16.8 Å². The van der Waals surface area contributed by atoms with Crippen LogP contribution in [-0.4, -0.2) is 28.4 Å². The zero-order valence-corrected chi connectivity index (χ0v) is 15.2. The Hall–Kier alpha value is -1.16. The molecular weight excluding hydrogens is 302 g/mol. The Morgan fingerprint density at radius 1 is 1.29 bits per heavy atom. The van der Waals surface area contributed by atoms with Gasteiger partial charge in [-0.1, -0.05) is 30.7 Å². The molecule has 24 heavy (non-hydrogen) atoms. The normalized spacial score (nSPS) is 48.3. The number of allylic oxidation sites excluding steroid dienone is 2. The Balaban J connectivity index is 2.00. The Bertz CT molecular complexity index is 569. The molecule has 0 aromatic heterocycles. The summed E-state index contributed by atoms with van der Waals surface area (Å²) in [6.45, 7) is 6.51. The van der Waals surface area contributed by atoms with Crippen LogP contribution in [0.1, 0.15) is 65.7 Å². The molecule has 0 saturated heterocycles. The summed E-state index contributed by atoms with van der Waals surface area (Å²) in [6, 6.07) is 0. The minimum Gasteiger partial charge on any atom is -0.411 e. The zero-order chi connectivity index (χ0) is 17.5. The van der Waals surface area contributed by atoms with Crippen LogP contribution in [0.3, 0.4) is 0 Å². The summed E-state index contributed by atoms with van der Waals surface area (Å²) in [5.74, 6) is 1.12. The number of carbonyl (C=O) groups excluding carboxylic acids is 1. The SMILES string of the molecule is C/C=C1/CCC2C([C@@H](O)C[C@]3(C)/C(=N/O)CCC23)[C@@]1(C)CCC=O. The minimum atomic E-state index is -0.405. The van der Waals surface area contributed by atoms with Crippen LogP contribution in [0.2, 0.25) is 0 Å². The first-order chi connectivity index (χ1) is 11.4. The van der Waals surface area contributed by atoms with Gasteiger partial charge in [0, 0.05) is 11.8 Å². The van der Waals surface area contributed by atoms with Gasteiger partial charge < -0.3 is 15.1 Å². The van der Waals surface area contributed by atoms with Gasteiger partial charge in [-0.05, 0) is 68.6 Å². The maximum absolute atomic E-state index is 11.1. The van der Waals surface area contributed by atoms with Crippen molar-refractivity contribution in [1.29, 1.82) is 0 Å². The molecule has 4 nitrogen and oxygen atoms in total. The second-order valence-corrected chi connectivity index (χ2v) is 8.55. The molecule has 134 valence electrons. The van der Waals surface area contributed by atoms with Crippen LogP contribution in [0.5, 0.6) is 0 Å². The van der Waals surface area contributed by atoms with E-state index in [1.165, 1.54) is 5.57 Å². The van der Waals surface area contributed by atoms with Crippen molar-refractivity contribution in [2.75, 3.05) is 0 Å². The van der Waals surface area contributed by atoms with Crippen molar-refractivity contribution in [2.45, 2.75) is 71.8 Å². The number of fused-ring (bicyclic) bond motifs is 3. The van der Waals surface area contributed by atoms with E-state index in [-0.39, 0.29) is 16.7 Å². The number of rotatable bonds is 3. The number of nitrogens with zero attached hydrogens (tertiary/aromatic N) is 1. The molecule has 0 aromatic carbocycles. The summed E-state index contributed by atoms with van der Waals surface area (Å²) < 4.78 is 0. The van der Waals surface area contributed by atoms with Crippen molar-refractivity contribution in [1.82, 2.24) is 0 Å². The maximum Gasteiger partial charge on any atom is 0.120 e. The molecule has 3 aliphatic carbocycles. The molecule has 3 rings (SSSR count). The van der Waals surface area contributed by atoms with E-state index < -0.39 is 6.10 Å². The largest absolute Gasteiger partial charge is 0.411 e. The number of aliphatic hydroxyl groups is 1. The number of oxime groups is 1. The molecule has 0 aliphatic heterocycles. The van der Waals surface area contributed by atoms with Gasteiger partial charge in [0.15, 0.2) is 0 Å². The van der Waals surface area contributed by atoms with Crippen molar-refractivity contribution in [3.8, 4) is 0 Å². The highest BCUT2D eigenvalue weighted by atomic mass is 16.4. The van der Waals surface area contributed by atoms with Gasteiger partial charge in [0.2, 0.25) is 0 Å². The lowest BCUT2D eigenvalue weighted by molar-refractivity contribution is -0.114. The third-order valence-electron chi connectivity index (χ3n) is 7.66. The Morgan fingerprint density at radius 2 is 2.04 bits per heavy atom. The Kier molecular flexibility index (Phi) is 4.63. The van der Waals surface area contributed by atoms with Gasteiger partial charge in [0.25, 0.3) is 0 Å². The molecule has 0 aromatic rings. The molecule has 3 aliphatic rings. The molecule has 2 N–H and O–H groups in total. The molecule has 4 heteroatoms. The van der Waals surface area contributed by atoms with E-state index in [2.05, 4.69) is 32.0 Å². The second kappa shape index (κ2) is 6.29. The number of aliphatic hydroxyl groups excluding tert-OH is 1. The van der Waals surface area contributed by atoms with E-state index in [1.54, 1.807) is 0 Å². The Morgan fingerprint density at radius 3 is 2.67 bits per heavy atom. The molecule has 0 radical (unpaired) electrons. The zero-order valence-electron chi connectivity index (χ0n) is 15.2. The third-order valence-corrected chi connectivity index (χ3v) is 7.66. The summed E-state index contributed by atoms with van der Waals surface area (Å²) in [4.78, 5) is 11.0. The first kappa shape index (κ1) is 17.7. The fourth-order valence-electron chi connectivity index (χ4n) is 6.59. The summed E-state index contributed by atoms with van der Waals surface area (Å²) in [6.07, 6.45) is 8.89. The van der Waals surface area contributed by atoms with Gasteiger partial charge in [-0.25, -0.2) is 0 Å². The van der Waals surface area contributed by atoms with Gasteiger partial charge >= 0.3 is 0 Å². The maximum atomic E-state index is 11.1. The fourth-order valence-corrected chi connectivity index (χ4v) is 6.59. The van der Waals surface area contributed by atoms with E-state index in [9.17, 15) is 15.1 Å². The molecule has 0 spiro atoms. The van der Waals surface area contributed by atoms with E-state index >= 15 is 0 Å². The lowest BCUT2D eigenvalue weighted by Gasteiger charge is -2.58. The molecule has 0 heterocycles. The molecule has 6 atom stereocenters. The first-order valence-corrected chi connectivity index (χ1v) is 9.41. The van der Waals surface area contributed by atoms with E-state index in [1.807, 2.05) is 0 Å². The predicted molar refractivity (Wildman–Crippen MR) is 94.1 cm³/mol. The van der Waals surface area contributed by atoms with E-state index in [0.717, 1.165) is 44.1 Å². The smallest absolute Gasteiger partial charge is 0.120 e. The molecule has 0 amide bonds. The third kappa shape index (κ3) is 2.37. The van der Waals surface area contributed by atoms with Gasteiger partial charge in [0.05, 0.1) is 11.8 Å². The highest BCUT2D eigenvalue weighted by Crippen LogP contribution is 2.63. The molecule has 0 bridgehead atoms. The number of aldehydes is 1.